The van der Waals surface area contributed by atoms with Gasteiger partial charge in [-0.05, 0) is 92.3 Å². The number of rotatable bonds is 3. The van der Waals surface area contributed by atoms with Crippen LogP contribution in [-0.4, -0.2) is 34.6 Å². The van der Waals surface area contributed by atoms with Crippen LogP contribution in [0.15, 0.2) is 12.7 Å². The van der Waals surface area contributed by atoms with Gasteiger partial charge >= 0.3 is 0 Å². The third-order valence-corrected chi connectivity index (χ3v) is 10.2. The van der Waals surface area contributed by atoms with Crippen LogP contribution < -0.4 is 0 Å². The quantitative estimate of drug-likeness (QED) is 0.689. The standard InChI is InChI=1S/C25H41NO2/c1-7-12-25(5,28)19-9-8-17-22-16(2)15-20-24(4,14-11-21(27)26(20)6)18(22)10-13-23(17,19)3/h7,16-20,22,28H,1,8-15H2,2-6H3/t16-,17-,18-,19-,20+,22-,23-,24+,25?/m0/s1. The summed E-state index contributed by atoms with van der Waals surface area (Å²) in [6, 6.07) is 0.412. The number of likely N-dealkylation sites (tertiary alicyclic amines) is 1. The third-order valence-electron chi connectivity index (χ3n) is 10.2. The lowest BCUT2D eigenvalue weighted by Gasteiger charge is -2.64. The van der Waals surface area contributed by atoms with E-state index in [1.165, 1.54) is 19.3 Å². The number of carbonyl (C=O) groups is 1. The van der Waals surface area contributed by atoms with E-state index in [0.717, 1.165) is 37.5 Å². The summed E-state index contributed by atoms with van der Waals surface area (Å²) < 4.78 is 0. The van der Waals surface area contributed by atoms with Crippen molar-refractivity contribution in [1.29, 1.82) is 0 Å². The lowest BCUT2D eigenvalue weighted by Crippen LogP contribution is -2.63. The molecule has 3 aliphatic carbocycles. The lowest BCUT2D eigenvalue weighted by molar-refractivity contribution is -0.172. The van der Waals surface area contributed by atoms with Gasteiger partial charge in [0.05, 0.1) is 5.60 Å². The van der Waals surface area contributed by atoms with Crippen LogP contribution in [0, 0.1) is 40.4 Å². The van der Waals surface area contributed by atoms with Crippen molar-refractivity contribution in [2.45, 2.75) is 90.7 Å². The van der Waals surface area contributed by atoms with Crippen molar-refractivity contribution in [2.24, 2.45) is 40.4 Å². The lowest BCUT2D eigenvalue weighted by atomic mass is 9.44. The Balaban J connectivity index is 1.66. The van der Waals surface area contributed by atoms with Crippen LogP contribution in [0.2, 0.25) is 0 Å². The molecule has 0 aromatic carbocycles. The highest BCUT2D eigenvalue weighted by Crippen LogP contribution is 2.68. The Labute approximate surface area is 172 Å². The number of nitrogens with zero attached hydrogens (tertiary/aromatic N) is 1. The van der Waals surface area contributed by atoms with Gasteiger partial charge in [0.25, 0.3) is 0 Å². The third kappa shape index (κ3) is 2.67. The van der Waals surface area contributed by atoms with Crippen molar-refractivity contribution in [3.05, 3.63) is 12.7 Å². The number of carbonyl (C=O) groups excluding carboxylic acids is 1. The van der Waals surface area contributed by atoms with Crippen LogP contribution in [0.25, 0.3) is 0 Å². The van der Waals surface area contributed by atoms with Gasteiger partial charge in [-0.1, -0.05) is 26.8 Å². The fourth-order valence-electron chi connectivity index (χ4n) is 8.92. The van der Waals surface area contributed by atoms with E-state index in [9.17, 15) is 9.90 Å². The molecule has 1 unspecified atom stereocenters. The molecule has 4 fully saturated rings. The molecule has 9 atom stereocenters. The Bertz CT molecular complexity index is 657. The van der Waals surface area contributed by atoms with Gasteiger partial charge in [0.15, 0.2) is 0 Å². The first kappa shape index (κ1) is 20.4. The number of hydrogen-bond donors (Lipinski definition) is 1. The van der Waals surface area contributed by atoms with Gasteiger partial charge in [-0.25, -0.2) is 0 Å². The highest BCUT2D eigenvalue weighted by atomic mass is 16.3. The smallest absolute Gasteiger partial charge is 0.222 e. The first-order valence-electron chi connectivity index (χ1n) is 11.6. The van der Waals surface area contributed by atoms with Gasteiger partial charge in [0.1, 0.15) is 0 Å². The molecule has 0 aromatic rings. The molecule has 1 amide bonds. The van der Waals surface area contributed by atoms with Crippen molar-refractivity contribution in [2.75, 3.05) is 7.05 Å². The van der Waals surface area contributed by atoms with Crippen molar-refractivity contribution in [3.8, 4) is 0 Å². The van der Waals surface area contributed by atoms with Crippen LogP contribution in [0.5, 0.6) is 0 Å². The van der Waals surface area contributed by atoms with Crippen molar-refractivity contribution in [3.63, 3.8) is 0 Å². The Morgan fingerprint density at radius 3 is 2.57 bits per heavy atom. The fourth-order valence-corrected chi connectivity index (χ4v) is 8.92. The minimum Gasteiger partial charge on any atom is -0.390 e. The molecule has 4 aliphatic rings. The second-order valence-electron chi connectivity index (χ2n) is 11.6. The van der Waals surface area contributed by atoms with E-state index in [4.69, 9.17) is 0 Å². The number of hydrogen-bond acceptors (Lipinski definition) is 2. The molecule has 3 nitrogen and oxygen atoms in total. The van der Waals surface area contributed by atoms with Gasteiger partial charge in [0.2, 0.25) is 5.91 Å². The Hall–Kier alpha value is -0.830. The van der Waals surface area contributed by atoms with Crippen LogP contribution in [0.3, 0.4) is 0 Å². The summed E-state index contributed by atoms with van der Waals surface area (Å²) in [5.74, 6) is 3.55. The van der Waals surface area contributed by atoms with Crippen molar-refractivity contribution >= 4 is 5.91 Å². The van der Waals surface area contributed by atoms with Crippen LogP contribution in [-0.2, 0) is 4.79 Å². The summed E-state index contributed by atoms with van der Waals surface area (Å²) in [6.07, 6.45) is 10.4. The molecular weight excluding hydrogens is 346 g/mol. The van der Waals surface area contributed by atoms with Crippen LogP contribution in [0.4, 0.5) is 0 Å². The Kier molecular flexibility index (Phi) is 4.81. The summed E-state index contributed by atoms with van der Waals surface area (Å²) in [5.41, 5.74) is -0.135. The summed E-state index contributed by atoms with van der Waals surface area (Å²) in [7, 11) is 2.04. The zero-order valence-electron chi connectivity index (χ0n) is 18.7. The predicted octanol–water partition coefficient (Wildman–Crippen LogP) is 5.04. The molecular formula is C25H41NO2. The topological polar surface area (TPSA) is 40.5 Å². The number of aliphatic hydroxyl groups is 1. The molecule has 0 bridgehead atoms. The molecule has 3 saturated carbocycles. The average Bonchev–Trinajstić information content (AvgIpc) is 2.98. The fraction of sp³-hybridized carbons (Fsp3) is 0.880. The second kappa shape index (κ2) is 6.59. The minimum absolute atomic E-state index is 0.238. The zero-order valence-corrected chi connectivity index (χ0v) is 18.7. The molecule has 0 aromatic heterocycles. The maximum Gasteiger partial charge on any atom is 0.222 e. The first-order valence-corrected chi connectivity index (χ1v) is 11.6. The van der Waals surface area contributed by atoms with Crippen molar-refractivity contribution < 1.29 is 9.90 Å². The summed E-state index contributed by atoms with van der Waals surface area (Å²) in [6.45, 7) is 13.4. The predicted molar refractivity (Wildman–Crippen MR) is 114 cm³/mol. The largest absolute Gasteiger partial charge is 0.390 e. The number of piperidine rings is 1. The summed E-state index contributed by atoms with van der Waals surface area (Å²) in [4.78, 5) is 14.5. The van der Waals surface area contributed by atoms with Crippen LogP contribution >= 0.6 is 0 Å². The molecule has 158 valence electrons. The van der Waals surface area contributed by atoms with E-state index >= 15 is 0 Å². The Morgan fingerprint density at radius 1 is 1.21 bits per heavy atom. The Morgan fingerprint density at radius 2 is 1.89 bits per heavy atom. The van der Waals surface area contributed by atoms with Crippen LogP contribution in [0.1, 0.15) is 79.1 Å². The molecule has 1 heterocycles. The van der Waals surface area contributed by atoms with E-state index in [0.29, 0.717) is 36.1 Å². The van der Waals surface area contributed by atoms with Gasteiger partial charge in [0, 0.05) is 19.5 Å². The molecule has 0 radical (unpaired) electrons. The second-order valence-corrected chi connectivity index (χ2v) is 11.6. The molecule has 1 N–H and O–H groups in total. The summed E-state index contributed by atoms with van der Waals surface area (Å²) >= 11 is 0. The maximum atomic E-state index is 12.4. The van der Waals surface area contributed by atoms with Gasteiger partial charge in [-0.15, -0.1) is 6.58 Å². The highest BCUT2D eigenvalue weighted by Gasteiger charge is 2.64. The van der Waals surface area contributed by atoms with Gasteiger partial charge in [-0.2, -0.15) is 0 Å². The first-order chi connectivity index (χ1) is 13.1. The average molecular weight is 388 g/mol. The van der Waals surface area contributed by atoms with Crippen molar-refractivity contribution in [1.82, 2.24) is 4.90 Å². The SMILES string of the molecule is C=CCC(C)(O)[C@H]1CC[C@H]2[C@@H]3[C@@H](C)C[C@H]4N(C)C(=O)CC[C@]4(C)[C@H]3CC[C@]12C. The zero-order chi connectivity index (χ0) is 20.5. The highest BCUT2D eigenvalue weighted by molar-refractivity contribution is 5.77. The van der Waals surface area contributed by atoms with E-state index in [2.05, 4.69) is 32.3 Å². The molecule has 1 aliphatic heterocycles. The minimum atomic E-state index is -0.639. The maximum absolute atomic E-state index is 12.4. The van der Waals surface area contributed by atoms with E-state index in [1.54, 1.807) is 0 Å². The number of fused-ring (bicyclic) bond motifs is 5. The number of amides is 1. The molecule has 1 saturated heterocycles. The molecule has 0 spiro atoms. The molecule has 4 rings (SSSR count). The monoisotopic (exact) mass is 387 g/mol. The van der Waals surface area contributed by atoms with Gasteiger partial charge < -0.3 is 10.0 Å². The summed E-state index contributed by atoms with van der Waals surface area (Å²) in [5, 5.41) is 11.3. The molecule has 28 heavy (non-hydrogen) atoms. The van der Waals surface area contributed by atoms with E-state index < -0.39 is 5.60 Å². The van der Waals surface area contributed by atoms with E-state index in [-0.39, 0.29) is 10.8 Å². The molecule has 3 heteroatoms. The van der Waals surface area contributed by atoms with E-state index in [1.807, 2.05) is 20.0 Å². The van der Waals surface area contributed by atoms with Gasteiger partial charge in [-0.3, -0.25) is 4.79 Å². The normalized spacial score (nSPS) is 50.4.